The molecule has 0 unspecified atom stereocenters. The Bertz CT molecular complexity index is 303. The molecule has 0 bridgehead atoms. The fourth-order valence-electron chi connectivity index (χ4n) is 0.639. The van der Waals surface area contributed by atoms with E-state index in [2.05, 4.69) is 10.9 Å². The summed E-state index contributed by atoms with van der Waals surface area (Å²) in [6, 6.07) is 2.64. The number of rotatable bonds is 1. The first kappa shape index (κ1) is 7.55. The Kier molecular flexibility index (Phi) is 2.07. The number of halogens is 1. The summed E-state index contributed by atoms with van der Waals surface area (Å²) in [6.45, 7) is 0. The van der Waals surface area contributed by atoms with Gasteiger partial charge in [0.05, 0.1) is 7.11 Å². The highest BCUT2D eigenvalue weighted by Gasteiger charge is 2.01. The van der Waals surface area contributed by atoms with E-state index in [0.29, 0.717) is 5.88 Å². The third kappa shape index (κ3) is 1.47. The Balaban J connectivity index is 3.15. The molecule has 0 atom stereocenters. The molecule has 1 rings (SSSR count). The van der Waals surface area contributed by atoms with Gasteiger partial charge in [-0.3, -0.25) is 0 Å². The number of terminal acetylenes is 1. The average Bonchev–Trinajstić information content (AvgIpc) is 2.05. The van der Waals surface area contributed by atoms with Crippen LogP contribution in [-0.4, -0.2) is 12.1 Å². The van der Waals surface area contributed by atoms with Crippen molar-refractivity contribution in [2.75, 3.05) is 7.11 Å². The quantitative estimate of drug-likeness (QED) is 0.563. The molecule has 56 valence electrons. The van der Waals surface area contributed by atoms with Gasteiger partial charge in [-0.15, -0.1) is 6.42 Å². The Labute approximate surface area is 64.0 Å². The van der Waals surface area contributed by atoms with E-state index < -0.39 is 5.82 Å². The molecule has 0 aliphatic rings. The zero-order valence-corrected chi connectivity index (χ0v) is 5.97. The van der Waals surface area contributed by atoms with Gasteiger partial charge >= 0.3 is 0 Å². The first-order valence-electron chi connectivity index (χ1n) is 2.95. The van der Waals surface area contributed by atoms with E-state index in [1.807, 2.05) is 0 Å². The SMILES string of the molecule is C#Cc1nc(OC)ccc1F. The lowest BCUT2D eigenvalue weighted by Gasteiger charge is -1.98. The molecule has 0 amide bonds. The van der Waals surface area contributed by atoms with E-state index in [0.717, 1.165) is 0 Å². The van der Waals surface area contributed by atoms with Crippen LogP contribution >= 0.6 is 0 Å². The second kappa shape index (κ2) is 3.02. The van der Waals surface area contributed by atoms with Gasteiger partial charge in [0, 0.05) is 6.07 Å². The molecule has 3 heteroatoms. The molecule has 1 aromatic rings. The Morgan fingerprint density at radius 3 is 2.91 bits per heavy atom. The minimum atomic E-state index is -0.506. The van der Waals surface area contributed by atoms with Crippen molar-refractivity contribution < 1.29 is 9.13 Å². The number of pyridine rings is 1. The monoisotopic (exact) mass is 151 g/mol. The van der Waals surface area contributed by atoms with Crippen molar-refractivity contribution in [3.63, 3.8) is 0 Å². The first-order valence-corrected chi connectivity index (χ1v) is 2.95. The molecular weight excluding hydrogens is 145 g/mol. The van der Waals surface area contributed by atoms with Crippen molar-refractivity contribution in [2.45, 2.75) is 0 Å². The van der Waals surface area contributed by atoms with Crippen molar-refractivity contribution in [1.82, 2.24) is 4.98 Å². The zero-order chi connectivity index (χ0) is 8.27. The molecule has 0 saturated carbocycles. The number of aromatic nitrogens is 1. The highest BCUT2D eigenvalue weighted by atomic mass is 19.1. The van der Waals surface area contributed by atoms with Gasteiger partial charge < -0.3 is 4.74 Å². The van der Waals surface area contributed by atoms with Crippen molar-refractivity contribution in [3.8, 4) is 18.2 Å². The summed E-state index contributed by atoms with van der Waals surface area (Å²) in [4.78, 5) is 3.68. The van der Waals surface area contributed by atoms with Gasteiger partial charge in [-0.05, 0) is 12.0 Å². The maximum Gasteiger partial charge on any atom is 0.214 e. The minimum Gasteiger partial charge on any atom is -0.481 e. The second-order valence-corrected chi connectivity index (χ2v) is 1.83. The van der Waals surface area contributed by atoms with Crippen molar-refractivity contribution in [3.05, 3.63) is 23.6 Å². The highest BCUT2D eigenvalue weighted by Crippen LogP contribution is 2.09. The largest absolute Gasteiger partial charge is 0.481 e. The molecule has 0 aromatic carbocycles. The van der Waals surface area contributed by atoms with Gasteiger partial charge in [0.25, 0.3) is 0 Å². The number of hydrogen-bond acceptors (Lipinski definition) is 2. The van der Waals surface area contributed by atoms with Crippen molar-refractivity contribution in [2.24, 2.45) is 0 Å². The fourth-order valence-corrected chi connectivity index (χ4v) is 0.639. The molecule has 2 nitrogen and oxygen atoms in total. The number of nitrogens with zero attached hydrogens (tertiary/aromatic N) is 1. The summed E-state index contributed by atoms with van der Waals surface area (Å²) in [7, 11) is 1.44. The lowest BCUT2D eigenvalue weighted by atomic mass is 10.3. The van der Waals surface area contributed by atoms with E-state index in [-0.39, 0.29) is 5.69 Å². The Hall–Kier alpha value is -1.56. The van der Waals surface area contributed by atoms with Gasteiger partial charge in [-0.1, -0.05) is 0 Å². The van der Waals surface area contributed by atoms with Crippen LogP contribution in [0.15, 0.2) is 12.1 Å². The number of hydrogen-bond donors (Lipinski definition) is 0. The molecule has 0 fully saturated rings. The van der Waals surface area contributed by atoms with Crippen LogP contribution in [0, 0.1) is 18.2 Å². The number of ether oxygens (including phenoxy) is 1. The van der Waals surface area contributed by atoms with Gasteiger partial charge in [0.1, 0.15) is 0 Å². The lowest BCUT2D eigenvalue weighted by Crippen LogP contribution is -1.92. The van der Waals surface area contributed by atoms with Crippen LogP contribution in [-0.2, 0) is 0 Å². The van der Waals surface area contributed by atoms with Crippen LogP contribution in [0.1, 0.15) is 5.69 Å². The average molecular weight is 151 g/mol. The molecule has 1 heterocycles. The number of methoxy groups -OCH3 is 1. The van der Waals surface area contributed by atoms with Crippen LogP contribution in [0.5, 0.6) is 5.88 Å². The molecular formula is C8H6FNO. The van der Waals surface area contributed by atoms with E-state index in [1.54, 1.807) is 0 Å². The van der Waals surface area contributed by atoms with E-state index in [1.165, 1.54) is 19.2 Å². The standard InChI is InChI=1S/C8H6FNO/c1-3-7-6(9)4-5-8(10-7)11-2/h1,4-5H,2H3. The Morgan fingerprint density at radius 2 is 2.36 bits per heavy atom. The smallest absolute Gasteiger partial charge is 0.214 e. The van der Waals surface area contributed by atoms with Crippen LogP contribution in [0.2, 0.25) is 0 Å². The second-order valence-electron chi connectivity index (χ2n) is 1.83. The Morgan fingerprint density at radius 1 is 1.64 bits per heavy atom. The summed E-state index contributed by atoms with van der Waals surface area (Å²) in [5.41, 5.74) is -0.0237. The van der Waals surface area contributed by atoms with E-state index in [4.69, 9.17) is 11.2 Å². The molecule has 0 radical (unpaired) electrons. The van der Waals surface area contributed by atoms with E-state index >= 15 is 0 Å². The summed E-state index contributed by atoms with van der Waals surface area (Å²) in [5, 5.41) is 0. The van der Waals surface area contributed by atoms with E-state index in [9.17, 15) is 4.39 Å². The van der Waals surface area contributed by atoms with Gasteiger partial charge in [-0.25, -0.2) is 9.37 Å². The lowest BCUT2D eigenvalue weighted by molar-refractivity contribution is 0.395. The van der Waals surface area contributed by atoms with Crippen LogP contribution < -0.4 is 4.74 Å². The van der Waals surface area contributed by atoms with Gasteiger partial charge in [0.2, 0.25) is 5.88 Å². The summed E-state index contributed by atoms with van der Waals surface area (Å²) in [6.07, 6.45) is 4.97. The van der Waals surface area contributed by atoms with Crippen LogP contribution in [0.4, 0.5) is 4.39 Å². The molecule has 0 saturated heterocycles. The van der Waals surface area contributed by atoms with Crippen LogP contribution in [0.3, 0.4) is 0 Å². The normalized spacial score (nSPS) is 8.82. The van der Waals surface area contributed by atoms with Crippen molar-refractivity contribution >= 4 is 0 Å². The molecule has 1 aromatic heterocycles. The maximum absolute atomic E-state index is 12.6. The zero-order valence-electron chi connectivity index (χ0n) is 5.97. The van der Waals surface area contributed by atoms with Gasteiger partial charge in [-0.2, -0.15) is 0 Å². The first-order chi connectivity index (χ1) is 5.27. The highest BCUT2D eigenvalue weighted by molar-refractivity contribution is 5.29. The van der Waals surface area contributed by atoms with Gasteiger partial charge in [0.15, 0.2) is 11.5 Å². The summed E-state index contributed by atoms with van der Waals surface area (Å²) in [5.74, 6) is 1.92. The third-order valence-electron chi connectivity index (χ3n) is 1.17. The van der Waals surface area contributed by atoms with Crippen LogP contribution in [0.25, 0.3) is 0 Å². The summed E-state index contributed by atoms with van der Waals surface area (Å²) >= 11 is 0. The molecule has 0 aliphatic carbocycles. The molecule has 11 heavy (non-hydrogen) atoms. The summed E-state index contributed by atoms with van der Waals surface area (Å²) < 4.78 is 17.4. The minimum absolute atomic E-state index is 0.0237. The third-order valence-corrected chi connectivity index (χ3v) is 1.17. The fraction of sp³-hybridized carbons (Fsp3) is 0.125. The topological polar surface area (TPSA) is 22.1 Å². The molecule has 0 aliphatic heterocycles. The molecule has 0 spiro atoms. The predicted molar refractivity (Wildman–Crippen MR) is 38.7 cm³/mol. The van der Waals surface area contributed by atoms with Crippen molar-refractivity contribution in [1.29, 1.82) is 0 Å². The maximum atomic E-state index is 12.6. The predicted octanol–water partition coefficient (Wildman–Crippen LogP) is 1.21. The molecule has 0 N–H and O–H groups in total.